The van der Waals surface area contributed by atoms with Gasteiger partial charge in [-0.05, 0) is 32.0 Å². The number of para-hydroxylation sites is 1. The maximum absolute atomic E-state index is 5.99. The molecule has 20 heavy (non-hydrogen) atoms. The largest absolute Gasteiger partial charge is 0.493 e. The molecule has 1 aliphatic heterocycles. The van der Waals surface area contributed by atoms with Crippen molar-refractivity contribution in [2.24, 2.45) is 0 Å². The van der Waals surface area contributed by atoms with E-state index in [9.17, 15) is 0 Å². The van der Waals surface area contributed by atoms with Gasteiger partial charge in [0.25, 0.3) is 0 Å². The molecule has 0 spiro atoms. The summed E-state index contributed by atoms with van der Waals surface area (Å²) in [5, 5.41) is 3.28. The summed E-state index contributed by atoms with van der Waals surface area (Å²) >= 11 is 0. The number of aryl methyl sites for hydroxylation is 1. The average molecular weight is 268 g/mol. The average Bonchev–Trinajstić information content (AvgIpc) is 2.48. The minimum absolute atomic E-state index is 0.528. The first kappa shape index (κ1) is 13.1. The molecule has 1 N–H and O–H groups in total. The van der Waals surface area contributed by atoms with Gasteiger partial charge in [0.05, 0.1) is 6.61 Å². The fourth-order valence-electron chi connectivity index (χ4n) is 2.94. The molecule has 0 saturated heterocycles. The van der Waals surface area contributed by atoms with Crippen molar-refractivity contribution in [3.63, 3.8) is 0 Å². The molecule has 0 bridgehead atoms. The molecule has 0 unspecified atom stereocenters. The maximum Gasteiger partial charge on any atom is 0.130 e. The van der Waals surface area contributed by atoms with E-state index in [0.717, 1.165) is 42.1 Å². The van der Waals surface area contributed by atoms with Gasteiger partial charge in [-0.25, -0.2) is 0 Å². The van der Waals surface area contributed by atoms with Crippen molar-refractivity contribution in [3.05, 3.63) is 47.8 Å². The molecule has 3 nitrogen and oxygen atoms in total. The highest BCUT2D eigenvalue weighted by molar-refractivity contribution is 5.74. The van der Waals surface area contributed by atoms with Crippen LogP contribution in [0.2, 0.25) is 0 Å². The van der Waals surface area contributed by atoms with Crippen LogP contribution in [0.25, 0.3) is 11.1 Å². The SMILES string of the molecule is CNC[C@@H]1CCOc2c(-c3cccnc3C)cccc21. The fourth-order valence-corrected chi connectivity index (χ4v) is 2.94. The van der Waals surface area contributed by atoms with E-state index >= 15 is 0 Å². The second-order valence-corrected chi connectivity index (χ2v) is 5.25. The van der Waals surface area contributed by atoms with Gasteiger partial charge in [-0.15, -0.1) is 0 Å². The molecule has 1 aromatic carbocycles. The van der Waals surface area contributed by atoms with Crippen LogP contribution in [-0.4, -0.2) is 25.2 Å². The second-order valence-electron chi connectivity index (χ2n) is 5.25. The summed E-state index contributed by atoms with van der Waals surface area (Å²) in [6.07, 6.45) is 2.90. The number of likely N-dealkylation sites (N-methyl/N-ethyl adjacent to an activating group) is 1. The van der Waals surface area contributed by atoms with Crippen LogP contribution >= 0.6 is 0 Å². The van der Waals surface area contributed by atoms with E-state index in [-0.39, 0.29) is 0 Å². The summed E-state index contributed by atoms with van der Waals surface area (Å²) in [6.45, 7) is 3.82. The lowest BCUT2D eigenvalue weighted by molar-refractivity contribution is 0.267. The van der Waals surface area contributed by atoms with Crippen molar-refractivity contribution in [2.75, 3.05) is 20.2 Å². The number of hydrogen-bond donors (Lipinski definition) is 1. The summed E-state index contributed by atoms with van der Waals surface area (Å²) in [6, 6.07) is 10.5. The van der Waals surface area contributed by atoms with E-state index in [1.165, 1.54) is 5.56 Å². The van der Waals surface area contributed by atoms with E-state index < -0.39 is 0 Å². The maximum atomic E-state index is 5.99. The summed E-state index contributed by atoms with van der Waals surface area (Å²) in [5.74, 6) is 1.57. The zero-order valence-corrected chi connectivity index (χ0v) is 12.0. The predicted octanol–water partition coefficient (Wildman–Crippen LogP) is 3.14. The number of aromatic nitrogens is 1. The standard InChI is InChI=1S/C17H20N2O/c1-12-14(7-4-9-19-12)16-6-3-5-15-13(11-18-2)8-10-20-17(15)16/h3-7,9,13,18H,8,10-11H2,1-2H3/t13-/m0/s1. The molecular weight excluding hydrogens is 248 g/mol. The molecular formula is C17H20N2O. The van der Waals surface area contributed by atoms with Crippen LogP contribution in [0.4, 0.5) is 0 Å². The number of fused-ring (bicyclic) bond motifs is 1. The lowest BCUT2D eigenvalue weighted by atomic mass is 9.89. The van der Waals surface area contributed by atoms with Crippen LogP contribution in [0.5, 0.6) is 5.75 Å². The lowest BCUT2D eigenvalue weighted by Crippen LogP contribution is -2.23. The summed E-state index contributed by atoms with van der Waals surface area (Å²) < 4.78 is 5.99. The minimum atomic E-state index is 0.528. The highest BCUT2D eigenvalue weighted by Gasteiger charge is 2.24. The molecule has 0 radical (unpaired) electrons. The highest BCUT2D eigenvalue weighted by Crippen LogP contribution is 2.41. The Morgan fingerprint density at radius 1 is 1.25 bits per heavy atom. The van der Waals surface area contributed by atoms with Crippen molar-refractivity contribution in [1.82, 2.24) is 10.3 Å². The number of benzene rings is 1. The van der Waals surface area contributed by atoms with Crippen LogP contribution in [0.1, 0.15) is 23.6 Å². The van der Waals surface area contributed by atoms with Gasteiger partial charge in [-0.3, -0.25) is 4.98 Å². The third-order valence-electron chi connectivity index (χ3n) is 3.95. The molecule has 0 fully saturated rings. The Kier molecular flexibility index (Phi) is 3.70. The van der Waals surface area contributed by atoms with Gasteiger partial charge in [-0.2, -0.15) is 0 Å². The quantitative estimate of drug-likeness (QED) is 0.928. The zero-order chi connectivity index (χ0) is 13.9. The van der Waals surface area contributed by atoms with Gasteiger partial charge in [-0.1, -0.05) is 24.3 Å². The van der Waals surface area contributed by atoms with E-state index in [4.69, 9.17) is 4.74 Å². The summed E-state index contributed by atoms with van der Waals surface area (Å²) in [5.41, 5.74) is 4.68. The van der Waals surface area contributed by atoms with Crippen LogP contribution in [0.3, 0.4) is 0 Å². The molecule has 0 aliphatic carbocycles. The Bertz CT molecular complexity index is 610. The van der Waals surface area contributed by atoms with E-state index in [2.05, 4.69) is 34.6 Å². The zero-order valence-electron chi connectivity index (χ0n) is 12.0. The van der Waals surface area contributed by atoms with Gasteiger partial charge in [0.2, 0.25) is 0 Å². The third kappa shape index (κ3) is 2.29. The monoisotopic (exact) mass is 268 g/mol. The van der Waals surface area contributed by atoms with E-state index in [0.29, 0.717) is 5.92 Å². The van der Waals surface area contributed by atoms with E-state index in [1.807, 2.05) is 26.2 Å². The Balaban J connectivity index is 2.10. The number of nitrogens with zero attached hydrogens (tertiary/aromatic N) is 1. The fraction of sp³-hybridized carbons (Fsp3) is 0.353. The normalized spacial score (nSPS) is 17.4. The number of ether oxygens (including phenoxy) is 1. The van der Waals surface area contributed by atoms with Crippen LogP contribution in [-0.2, 0) is 0 Å². The number of nitrogens with one attached hydrogen (secondary N) is 1. The van der Waals surface area contributed by atoms with Gasteiger partial charge in [0.1, 0.15) is 5.75 Å². The van der Waals surface area contributed by atoms with Gasteiger partial charge in [0.15, 0.2) is 0 Å². The predicted molar refractivity (Wildman–Crippen MR) is 81.2 cm³/mol. The first-order valence-electron chi connectivity index (χ1n) is 7.13. The molecule has 2 heterocycles. The Morgan fingerprint density at radius 2 is 2.10 bits per heavy atom. The third-order valence-corrected chi connectivity index (χ3v) is 3.95. The molecule has 1 atom stereocenters. The van der Waals surface area contributed by atoms with E-state index in [1.54, 1.807) is 0 Å². The van der Waals surface area contributed by atoms with Crippen molar-refractivity contribution >= 4 is 0 Å². The lowest BCUT2D eigenvalue weighted by Gasteiger charge is -2.27. The molecule has 0 saturated carbocycles. The van der Waals surface area contributed by atoms with Crippen molar-refractivity contribution in [2.45, 2.75) is 19.3 Å². The van der Waals surface area contributed by atoms with Crippen molar-refractivity contribution < 1.29 is 4.74 Å². The molecule has 2 aromatic rings. The van der Waals surface area contributed by atoms with Crippen molar-refractivity contribution in [1.29, 1.82) is 0 Å². The van der Waals surface area contributed by atoms with Crippen LogP contribution in [0, 0.1) is 6.92 Å². The summed E-state index contributed by atoms with van der Waals surface area (Å²) in [7, 11) is 2.00. The molecule has 3 heteroatoms. The Morgan fingerprint density at radius 3 is 2.90 bits per heavy atom. The molecule has 1 aliphatic rings. The first-order valence-corrected chi connectivity index (χ1v) is 7.13. The molecule has 0 amide bonds. The molecule has 104 valence electrons. The summed E-state index contributed by atoms with van der Waals surface area (Å²) in [4.78, 5) is 4.39. The molecule has 3 rings (SSSR count). The Labute approximate surface area is 120 Å². The van der Waals surface area contributed by atoms with Crippen LogP contribution < -0.4 is 10.1 Å². The van der Waals surface area contributed by atoms with Gasteiger partial charge in [0, 0.05) is 35.5 Å². The van der Waals surface area contributed by atoms with Gasteiger partial charge >= 0.3 is 0 Å². The molecule has 1 aromatic heterocycles. The van der Waals surface area contributed by atoms with Crippen LogP contribution in [0.15, 0.2) is 36.5 Å². The Hall–Kier alpha value is -1.87. The topological polar surface area (TPSA) is 34.1 Å². The van der Waals surface area contributed by atoms with Gasteiger partial charge < -0.3 is 10.1 Å². The highest BCUT2D eigenvalue weighted by atomic mass is 16.5. The first-order chi connectivity index (χ1) is 9.81. The number of pyridine rings is 1. The number of rotatable bonds is 3. The second kappa shape index (κ2) is 5.63. The number of hydrogen-bond acceptors (Lipinski definition) is 3. The minimum Gasteiger partial charge on any atom is -0.493 e. The van der Waals surface area contributed by atoms with Crippen molar-refractivity contribution in [3.8, 4) is 16.9 Å². The smallest absolute Gasteiger partial charge is 0.130 e.